The number of hydrogen-bond donors (Lipinski definition) is 2. The summed E-state index contributed by atoms with van der Waals surface area (Å²) in [5, 5.41) is 14.5. The lowest BCUT2D eigenvalue weighted by atomic mass is 9.97. The predicted octanol–water partition coefficient (Wildman–Crippen LogP) is 3.05. The molecule has 17 heavy (non-hydrogen) atoms. The zero-order chi connectivity index (χ0) is 13.1. The molecule has 0 radical (unpaired) electrons. The first-order valence-electron chi connectivity index (χ1n) is 6.90. The van der Waals surface area contributed by atoms with Gasteiger partial charge in [0.15, 0.2) is 0 Å². The van der Waals surface area contributed by atoms with E-state index in [0.29, 0.717) is 16.5 Å². The van der Waals surface area contributed by atoms with Crippen molar-refractivity contribution in [3.8, 4) is 0 Å². The first kappa shape index (κ1) is 15.3. The average molecular weight is 259 g/mol. The largest absolute Gasteiger partial charge is 0.394 e. The van der Waals surface area contributed by atoms with Crippen molar-refractivity contribution < 1.29 is 5.11 Å². The summed E-state index contributed by atoms with van der Waals surface area (Å²) in [6.45, 7) is 11.5. The average Bonchev–Trinajstić information content (AvgIpc) is 3.00. The molecule has 0 aromatic carbocycles. The molecule has 2 N–H and O–H groups in total. The fourth-order valence-corrected chi connectivity index (χ4v) is 3.61. The molecule has 1 fully saturated rings. The van der Waals surface area contributed by atoms with Gasteiger partial charge in [-0.05, 0) is 32.1 Å². The van der Waals surface area contributed by atoms with Crippen molar-refractivity contribution in [1.82, 2.24) is 5.32 Å². The molecule has 1 aliphatic rings. The van der Waals surface area contributed by atoms with Crippen molar-refractivity contribution in [1.29, 1.82) is 0 Å². The third kappa shape index (κ3) is 5.62. The molecular weight excluding hydrogens is 230 g/mol. The van der Waals surface area contributed by atoms with Gasteiger partial charge < -0.3 is 10.4 Å². The van der Waals surface area contributed by atoms with Crippen LogP contribution in [0.3, 0.4) is 0 Å². The van der Waals surface area contributed by atoms with Crippen molar-refractivity contribution in [2.24, 2.45) is 5.92 Å². The lowest BCUT2D eigenvalue weighted by Crippen LogP contribution is -2.48. The number of aliphatic hydroxyl groups is 1. The van der Waals surface area contributed by atoms with E-state index >= 15 is 0 Å². The van der Waals surface area contributed by atoms with E-state index in [9.17, 15) is 5.11 Å². The van der Waals surface area contributed by atoms with Crippen molar-refractivity contribution in [3.05, 3.63) is 0 Å². The summed E-state index contributed by atoms with van der Waals surface area (Å²) < 4.78 is 0. The highest BCUT2D eigenvalue weighted by molar-refractivity contribution is 8.00. The minimum absolute atomic E-state index is 0.0930. The molecular formula is C14H29NOS. The maximum atomic E-state index is 9.58. The second-order valence-electron chi connectivity index (χ2n) is 6.24. The molecule has 0 aromatic rings. The zero-order valence-electron chi connectivity index (χ0n) is 12.0. The molecule has 3 atom stereocenters. The van der Waals surface area contributed by atoms with Gasteiger partial charge in [-0.15, -0.1) is 0 Å². The van der Waals surface area contributed by atoms with E-state index in [2.05, 4.69) is 39.9 Å². The molecule has 0 amide bonds. The minimum atomic E-state index is -0.0930. The van der Waals surface area contributed by atoms with E-state index < -0.39 is 0 Å². The molecule has 3 heteroatoms. The Morgan fingerprint density at radius 3 is 2.29 bits per heavy atom. The van der Waals surface area contributed by atoms with Crippen LogP contribution in [-0.4, -0.2) is 33.8 Å². The normalized spacial score (nSPS) is 23.5. The van der Waals surface area contributed by atoms with Crippen LogP contribution in [0.15, 0.2) is 0 Å². The Labute approximate surface area is 111 Å². The summed E-state index contributed by atoms with van der Waals surface area (Å²) in [6, 6.07) is 0.659. The third-order valence-electron chi connectivity index (χ3n) is 3.60. The van der Waals surface area contributed by atoms with E-state index in [-0.39, 0.29) is 12.1 Å². The summed E-state index contributed by atoms with van der Waals surface area (Å²) >= 11 is 2.05. The monoisotopic (exact) mass is 259 g/mol. The van der Waals surface area contributed by atoms with Gasteiger partial charge in [-0.25, -0.2) is 0 Å². The SMILES string of the molecule is CC(CC(C)(CO)NC1CC1)SC(C)C(C)C. The highest BCUT2D eigenvalue weighted by Crippen LogP contribution is 2.31. The van der Waals surface area contributed by atoms with Crippen LogP contribution < -0.4 is 5.32 Å². The Kier molecular flexibility index (Phi) is 5.81. The van der Waals surface area contributed by atoms with Gasteiger partial charge in [0.1, 0.15) is 0 Å². The second-order valence-corrected chi connectivity index (χ2v) is 8.06. The Morgan fingerprint density at radius 2 is 1.88 bits per heavy atom. The Morgan fingerprint density at radius 1 is 1.29 bits per heavy atom. The smallest absolute Gasteiger partial charge is 0.0611 e. The van der Waals surface area contributed by atoms with Gasteiger partial charge in [-0.1, -0.05) is 27.7 Å². The molecule has 0 bridgehead atoms. The van der Waals surface area contributed by atoms with Gasteiger partial charge in [-0.2, -0.15) is 11.8 Å². The van der Waals surface area contributed by atoms with E-state index in [1.807, 2.05) is 11.8 Å². The van der Waals surface area contributed by atoms with E-state index in [1.165, 1.54) is 12.8 Å². The van der Waals surface area contributed by atoms with Crippen LogP contribution in [-0.2, 0) is 0 Å². The van der Waals surface area contributed by atoms with Crippen LogP contribution >= 0.6 is 11.8 Å². The first-order valence-corrected chi connectivity index (χ1v) is 7.84. The second kappa shape index (κ2) is 6.44. The van der Waals surface area contributed by atoms with E-state index in [0.717, 1.165) is 12.3 Å². The molecule has 0 heterocycles. The molecule has 0 saturated heterocycles. The van der Waals surface area contributed by atoms with Crippen molar-refractivity contribution in [3.63, 3.8) is 0 Å². The lowest BCUT2D eigenvalue weighted by Gasteiger charge is -2.33. The Bertz CT molecular complexity index is 230. The fourth-order valence-electron chi connectivity index (χ4n) is 2.10. The molecule has 1 saturated carbocycles. The minimum Gasteiger partial charge on any atom is -0.394 e. The van der Waals surface area contributed by atoms with Gasteiger partial charge >= 0.3 is 0 Å². The summed E-state index contributed by atoms with van der Waals surface area (Å²) in [7, 11) is 0. The first-order chi connectivity index (χ1) is 7.86. The van der Waals surface area contributed by atoms with E-state index in [4.69, 9.17) is 0 Å². The number of hydrogen-bond acceptors (Lipinski definition) is 3. The highest BCUT2D eigenvalue weighted by Gasteiger charge is 2.33. The maximum Gasteiger partial charge on any atom is 0.0611 e. The standard InChI is InChI=1S/C14H29NOS/c1-10(2)12(4)17-11(3)8-14(5,9-16)15-13-6-7-13/h10-13,15-16H,6-9H2,1-5H3. The van der Waals surface area contributed by atoms with E-state index in [1.54, 1.807) is 0 Å². The molecule has 3 unspecified atom stereocenters. The van der Waals surface area contributed by atoms with Crippen molar-refractivity contribution >= 4 is 11.8 Å². The van der Waals surface area contributed by atoms with Crippen LogP contribution in [0.1, 0.15) is 53.9 Å². The maximum absolute atomic E-state index is 9.58. The number of rotatable bonds is 8. The topological polar surface area (TPSA) is 32.3 Å². The van der Waals surface area contributed by atoms with Crippen molar-refractivity contribution in [2.75, 3.05) is 6.61 Å². The molecule has 0 aromatic heterocycles. The van der Waals surface area contributed by atoms with Gasteiger partial charge in [0.05, 0.1) is 6.61 Å². The van der Waals surface area contributed by atoms with Crippen LogP contribution in [0.4, 0.5) is 0 Å². The summed E-state index contributed by atoms with van der Waals surface area (Å²) in [5.41, 5.74) is -0.0930. The van der Waals surface area contributed by atoms with Crippen LogP contribution in [0.25, 0.3) is 0 Å². The fraction of sp³-hybridized carbons (Fsp3) is 1.00. The zero-order valence-corrected chi connectivity index (χ0v) is 12.8. The van der Waals surface area contributed by atoms with Gasteiger partial charge in [0, 0.05) is 22.1 Å². The van der Waals surface area contributed by atoms with Crippen LogP contribution in [0.5, 0.6) is 0 Å². The van der Waals surface area contributed by atoms with Crippen LogP contribution in [0, 0.1) is 5.92 Å². The number of nitrogens with one attached hydrogen (secondary N) is 1. The number of thioether (sulfide) groups is 1. The molecule has 0 aliphatic heterocycles. The highest BCUT2D eigenvalue weighted by atomic mass is 32.2. The van der Waals surface area contributed by atoms with Crippen molar-refractivity contribution in [2.45, 2.75) is 76.0 Å². The third-order valence-corrected chi connectivity index (χ3v) is 5.21. The van der Waals surface area contributed by atoms with Crippen LogP contribution in [0.2, 0.25) is 0 Å². The van der Waals surface area contributed by atoms with Gasteiger partial charge in [0.2, 0.25) is 0 Å². The molecule has 102 valence electrons. The molecule has 2 nitrogen and oxygen atoms in total. The van der Waals surface area contributed by atoms with Gasteiger partial charge in [-0.3, -0.25) is 0 Å². The Hall–Kier alpha value is 0.270. The summed E-state index contributed by atoms with van der Waals surface area (Å²) in [6.07, 6.45) is 3.60. The summed E-state index contributed by atoms with van der Waals surface area (Å²) in [5.74, 6) is 0.722. The molecule has 1 rings (SSSR count). The molecule has 1 aliphatic carbocycles. The molecule has 0 spiro atoms. The van der Waals surface area contributed by atoms with Gasteiger partial charge in [0.25, 0.3) is 0 Å². The quantitative estimate of drug-likeness (QED) is 0.703. The summed E-state index contributed by atoms with van der Waals surface area (Å²) in [4.78, 5) is 0. The number of aliphatic hydroxyl groups excluding tert-OH is 1. The Balaban J connectivity index is 2.37. The lowest BCUT2D eigenvalue weighted by molar-refractivity contribution is 0.164. The predicted molar refractivity (Wildman–Crippen MR) is 77.6 cm³/mol.